The first-order valence-corrected chi connectivity index (χ1v) is 7.28. The molecular formula is C15H21BrO2. The van der Waals surface area contributed by atoms with Crippen LogP contribution in [0.3, 0.4) is 0 Å². The van der Waals surface area contributed by atoms with Gasteiger partial charge >= 0.3 is 0 Å². The van der Waals surface area contributed by atoms with Crippen LogP contribution >= 0.6 is 15.9 Å². The Labute approximate surface area is 117 Å². The third-order valence-electron chi connectivity index (χ3n) is 3.42. The van der Waals surface area contributed by atoms with Crippen molar-refractivity contribution in [1.29, 1.82) is 0 Å². The number of ether oxygens (including phenoxy) is 1. The molecule has 2 rings (SSSR count). The molecule has 3 heteroatoms. The maximum Gasteiger partial charge on any atom is 0.123 e. The predicted molar refractivity (Wildman–Crippen MR) is 76.9 cm³/mol. The van der Waals surface area contributed by atoms with Gasteiger partial charge in [-0.25, -0.2) is 0 Å². The molecule has 1 fully saturated rings. The Kier molecular flexibility index (Phi) is 4.02. The van der Waals surface area contributed by atoms with Gasteiger partial charge in [-0.1, -0.05) is 22.0 Å². The van der Waals surface area contributed by atoms with Gasteiger partial charge in [0.05, 0.1) is 11.7 Å². The molecule has 0 aliphatic heterocycles. The summed E-state index contributed by atoms with van der Waals surface area (Å²) in [5.41, 5.74) is 0.616. The summed E-state index contributed by atoms with van der Waals surface area (Å²) in [7, 11) is 0. The van der Waals surface area contributed by atoms with Crippen LogP contribution in [0.1, 0.15) is 38.7 Å². The van der Waals surface area contributed by atoms with Crippen LogP contribution in [0.15, 0.2) is 22.7 Å². The fourth-order valence-electron chi connectivity index (χ4n) is 2.52. The molecule has 0 radical (unpaired) electrons. The quantitative estimate of drug-likeness (QED) is 0.908. The maximum atomic E-state index is 9.76. The molecule has 0 atom stereocenters. The van der Waals surface area contributed by atoms with Crippen LogP contribution in [-0.2, 0) is 0 Å². The summed E-state index contributed by atoms with van der Waals surface area (Å²) in [6, 6.07) is 6.12. The summed E-state index contributed by atoms with van der Waals surface area (Å²) in [5.74, 6) is 1.57. The number of aliphatic hydroxyl groups is 1. The molecule has 1 aliphatic carbocycles. The Morgan fingerprint density at radius 1 is 1.39 bits per heavy atom. The molecule has 1 aliphatic rings. The molecule has 0 bridgehead atoms. The van der Waals surface area contributed by atoms with Gasteiger partial charge in [-0.05, 0) is 63.6 Å². The molecule has 0 saturated heterocycles. The van der Waals surface area contributed by atoms with E-state index in [1.165, 1.54) is 5.56 Å². The van der Waals surface area contributed by atoms with Crippen molar-refractivity contribution in [2.75, 3.05) is 0 Å². The second-order valence-corrected chi connectivity index (χ2v) is 6.92. The third-order valence-corrected chi connectivity index (χ3v) is 3.92. The minimum absolute atomic E-state index is 0.311. The average molecular weight is 313 g/mol. The SMILES string of the molecule is Cc1ccc(Br)cc1OC1CC(CC(C)(C)O)C1. The van der Waals surface area contributed by atoms with Gasteiger partial charge in [0.15, 0.2) is 0 Å². The highest BCUT2D eigenvalue weighted by atomic mass is 79.9. The van der Waals surface area contributed by atoms with Crippen LogP contribution in [0.5, 0.6) is 5.75 Å². The Morgan fingerprint density at radius 3 is 2.67 bits per heavy atom. The molecule has 1 saturated carbocycles. The van der Waals surface area contributed by atoms with Gasteiger partial charge in [-0.15, -0.1) is 0 Å². The summed E-state index contributed by atoms with van der Waals surface area (Å²) >= 11 is 3.46. The number of benzene rings is 1. The van der Waals surface area contributed by atoms with E-state index >= 15 is 0 Å². The van der Waals surface area contributed by atoms with Crippen LogP contribution in [-0.4, -0.2) is 16.8 Å². The molecule has 1 aromatic rings. The van der Waals surface area contributed by atoms with Gasteiger partial charge in [0.2, 0.25) is 0 Å². The molecule has 0 unspecified atom stereocenters. The monoisotopic (exact) mass is 312 g/mol. The molecular weight excluding hydrogens is 292 g/mol. The first-order valence-electron chi connectivity index (χ1n) is 6.49. The molecule has 0 spiro atoms. The number of aryl methyl sites for hydroxylation is 1. The number of halogens is 1. The summed E-state index contributed by atoms with van der Waals surface area (Å²) in [5, 5.41) is 9.76. The molecule has 1 aromatic carbocycles. The van der Waals surface area contributed by atoms with Crippen LogP contribution in [0.2, 0.25) is 0 Å². The molecule has 0 amide bonds. The van der Waals surface area contributed by atoms with Crippen LogP contribution in [0.25, 0.3) is 0 Å². The van der Waals surface area contributed by atoms with E-state index in [4.69, 9.17) is 4.74 Å². The van der Waals surface area contributed by atoms with E-state index in [9.17, 15) is 5.11 Å². The van der Waals surface area contributed by atoms with Crippen molar-refractivity contribution in [2.24, 2.45) is 5.92 Å². The normalized spacial score (nSPS) is 23.6. The van der Waals surface area contributed by atoms with Crippen molar-refractivity contribution in [3.05, 3.63) is 28.2 Å². The van der Waals surface area contributed by atoms with E-state index in [2.05, 4.69) is 28.9 Å². The standard InChI is InChI=1S/C15H21BrO2/c1-10-4-5-12(16)8-14(10)18-13-6-11(7-13)9-15(2,3)17/h4-5,8,11,13,17H,6-7,9H2,1-3H3. The minimum atomic E-state index is -0.554. The molecule has 18 heavy (non-hydrogen) atoms. The van der Waals surface area contributed by atoms with E-state index in [0.29, 0.717) is 12.0 Å². The first kappa shape index (κ1) is 13.9. The van der Waals surface area contributed by atoms with Gasteiger partial charge in [-0.3, -0.25) is 0 Å². The van der Waals surface area contributed by atoms with E-state index in [1.54, 1.807) is 0 Å². The smallest absolute Gasteiger partial charge is 0.123 e. The summed E-state index contributed by atoms with van der Waals surface area (Å²) in [6.45, 7) is 5.81. The van der Waals surface area contributed by atoms with E-state index < -0.39 is 5.60 Å². The van der Waals surface area contributed by atoms with Gasteiger partial charge in [0.1, 0.15) is 5.75 Å². The fraction of sp³-hybridized carbons (Fsp3) is 0.600. The maximum absolute atomic E-state index is 9.76. The number of rotatable bonds is 4. The zero-order valence-electron chi connectivity index (χ0n) is 11.2. The molecule has 0 heterocycles. The van der Waals surface area contributed by atoms with Crippen LogP contribution < -0.4 is 4.74 Å². The molecule has 0 aromatic heterocycles. The summed E-state index contributed by atoms with van der Waals surface area (Å²) < 4.78 is 7.05. The van der Waals surface area contributed by atoms with Crippen molar-refractivity contribution in [3.63, 3.8) is 0 Å². The Bertz CT molecular complexity index is 417. The second kappa shape index (κ2) is 5.22. The van der Waals surface area contributed by atoms with Crippen molar-refractivity contribution in [1.82, 2.24) is 0 Å². The van der Waals surface area contributed by atoms with E-state index in [-0.39, 0.29) is 0 Å². The van der Waals surface area contributed by atoms with Gasteiger partial charge in [-0.2, -0.15) is 0 Å². The predicted octanol–water partition coefficient (Wildman–Crippen LogP) is 4.08. The molecule has 2 nitrogen and oxygen atoms in total. The van der Waals surface area contributed by atoms with Crippen LogP contribution in [0.4, 0.5) is 0 Å². The lowest BCUT2D eigenvalue weighted by atomic mass is 9.76. The van der Waals surface area contributed by atoms with E-state index in [1.807, 2.05) is 26.0 Å². The molecule has 100 valence electrons. The van der Waals surface area contributed by atoms with Crippen LogP contribution in [0, 0.1) is 12.8 Å². The zero-order chi connectivity index (χ0) is 13.3. The average Bonchev–Trinajstić information content (AvgIpc) is 2.18. The van der Waals surface area contributed by atoms with Gasteiger partial charge in [0, 0.05) is 4.47 Å². The topological polar surface area (TPSA) is 29.5 Å². The largest absolute Gasteiger partial charge is 0.490 e. The summed E-state index contributed by atoms with van der Waals surface area (Å²) in [6.07, 6.45) is 3.28. The fourth-order valence-corrected chi connectivity index (χ4v) is 2.86. The number of hydrogen-bond donors (Lipinski definition) is 1. The first-order chi connectivity index (χ1) is 8.33. The Morgan fingerprint density at radius 2 is 2.06 bits per heavy atom. The zero-order valence-corrected chi connectivity index (χ0v) is 12.8. The highest BCUT2D eigenvalue weighted by molar-refractivity contribution is 9.10. The lowest BCUT2D eigenvalue weighted by Gasteiger charge is -2.38. The Hall–Kier alpha value is -0.540. The van der Waals surface area contributed by atoms with Gasteiger partial charge < -0.3 is 9.84 Å². The minimum Gasteiger partial charge on any atom is -0.490 e. The summed E-state index contributed by atoms with van der Waals surface area (Å²) in [4.78, 5) is 0. The highest BCUT2D eigenvalue weighted by Gasteiger charge is 2.34. The lowest BCUT2D eigenvalue weighted by molar-refractivity contribution is -0.00445. The van der Waals surface area contributed by atoms with Crippen molar-refractivity contribution < 1.29 is 9.84 Å². The second-order valence-electron chi connectivity index (χ2n) is 6.00. The van der Waals surface area contributed by atoms with Crippen molar-refractivity contribution in [2.45, 2.75) is 51.7 Å². The molecule has 1 N–H and O–H groups in total. The van der Waals surface area contributed by atoms with Gasteiger partial charge in [0.25, 0.3) is 0 Å². The highest BCUT2D eigenvalue weighted by Crippen LogP contribution is 2.37. The van der Waals surface area contributed by atoms with Crippen molar-refractivity contribution in [3.8, 4) is 5.75 Å². The lowest BCUT2D eigenvalue weighted by Crippen LogP contribution is -2.38. The number of hydrogen-bond acceptors (Lipinski definition) is 2. The van der Waals surface area contributed by atoms with E-state index in [0.717, 1.165) is 29.5 Å². The third kappa shape index (κ3) is 3.72. The van der Waals surface area contributed by atoms with Crippen molar-refractivity contribution >= 4 is 15.9 Å². The Balaban J connectivity index is 1.85.